The summed E-state index contributed by atoms with van der Waals surface area (Å²) in [5.74, 6) is -2.30. The number of pyridine rings is 1. The first kappa shape index (κ1) is 17.9. The van der Waals surface area contributed by atoms with Crippen molar-refractivity contribution >= 4 is 11.9 Å². The highest BCUT2D eigenvalue weighted by Gasteiger charge is 2.40. The van der Waals surface area contributed by atoms with Crippen LogP contribution < -0.4 is 5.56 Å². The van der Waals surface area contributed by atoms with E-state index in [-0.39, 0.29) is 12.0 Å². The Morgan fingerprint density at radius 3 is 2.23 bits per heavy atom. The maximum atomic E-state index is 12.9. The first-order chi connectivity index (χ1) is 12.5. The van der Waals surface area contributed by atoms with E-state index in [4.69, 9.17) is 9.47 Å². The maximum Gasteiger partial charge on any atom is 0.309 e. The number of carbonyl (C=O) groups is 2. The third-order valence-corrected chi connectivity index (χ3v) is 4.92. The molecule has 1 aliphatic rings. The lowest BCUT2D eigenvalue weighted by Crippen LogP contribution is -2.41. The van der Waals surface area contributed by atoms with Crippen molar-refractivity contribution in [3.63, 3.8) is 0 Å². The number of hydrogen-bond acceptors (Lipinski definition) is 5. The lowest BCUT2D eigenvalue weighted by Gasteiger charge is -2.29. The average molecular weight is 355 g/mol. The van der Waals surface area contributed by atoms with Gasteiger partial charge in [0, 0.05) is 11.8 Å². The highest BCUT2D eigenvalue weighted by Crippen LogP contribution is 2.30. The van der Waals surface area contributed by atoms with Gasteiger partial charge in [-0.2, -0.15) is 0 Å². The van der Waals surface area contributed by atoms with Gasteiger partial charge < -0.3 is 14.0 Å². The second-order valence-electron chi connectivity index (χ2n) is 6.41. The molecule has 26 heavy (non-hydrogen) atoms. The molecule has 0 unspecified atom stereocenters. The van der Waals surface area contributed by atoms with Crippen molar-refractivity contribution in [2.75, 3.05) is 14.2 Å². The van der Waals surface area contributed by atoms with Crippen LogP contribution in [-0.2, 0) is 38.4 Å². The lowest BCUT2D eigenvalue weighted by molar-refractivity contribution is -0.158. The summed E-state index contributed by atoms with van der Waals surface area (Å²) in [7, 11) is 2.58. The fourth-order valence-corrected chi connectivity index (χ4v) is 3.51. The molecule has 1 aromatic heterocycles. The molecule has 0 saturated carbocycles. The first-order valence-corrected chi connectivity index (χ1v) is 8.46. The zero-order valence-electron chi connectivity index (χ0n) is 14.8. The molecule has 6 nitrogen and oxygen atoms in total. The van der Waals surface area contributed by atoms with Crippen molar-refractivity contribution in [3.8, 4) is 0 Å². The molecule has 1 heterocycles. The van der Waals surface area contributed by atoms with Crippen LogP contribution in [0, 0.1) is 11.8 Å². The van der Waals surface area contributed by atoms with Gasteiger partial charge in [0.15, 0.2) is 0 Å². The molecule has 0 aliphatic heterocycles. The van der Waals surface area contributed by atoms with Gasteiger partial charge in [-0.15, -0.1) is 0 Å². The number of esters is 2. The van der Waals surface area contributed by atoms with E-state index < -0.39 is 23.8 Å². The lowest BCUT2D eigenvalue weighted by atomic mass is 9.76. The summed E-state index contributed by atoms with van der Waals surface area (Å²) in [6.45, 7) is 0.455. The van der Waals surface area contributed by atoms with E-state index in [0.29, 0.717) is 18.5 Å². The van der Waals surface area contributed by atoms with Crippen LogP contribution >= 0.6 is 0 Å². The number of nitrogens with zero attached hydrogens (tertiary/aromatic N) is 1. The zero-order valence-corrected chi connectivity index (χ0v) is 14.8. The Bertz CT molecular complexity index is 872. The number of fused-ring (bicyclic) bond motifs is 1. The molecule has 3 rings (SSSR count). The Balaban J connectivity index is 1.96. The van der Waals surface area contributed by atoms with Gasteiger partial charge >= 0.3 is 11.9 Å². The van der Waals surface area contributed by atoms with E-state index in [2.05, 4.69) is 0 Å². The van der Waals surface area contributed by atoms with Crippen LogP contribution in [0.4, 0.5) is 0 Å². The minimum atomic E-state index is -0.708. The molecule has 0 spiro atoms. The summed E-state index contributed by atoms with van der Waals surface area (Å²) in [6, 6.07) is 11.5. The molecule has 2 atom stereocenters. The summed E-state index contributed by atoms with van der Waals surface area (Å²) in [4.78, 5) is 37.2. The molecule has 0 saturated heterocycles. The van der Waals surface area contributed by atoms with Crippen LogP contribution in [0.5, 0.6) is 0 Å². The number of ether oxygens (including phenoxy) is 2. The third kappa shape index (κ3) is 3.40. The van der Waals surface area contributed by atoms with Crippen molar-refractivity contribution < 1.29 is 19.1 Å². The normalized spacial score (nSPS) is 18.7. The van der Waals surface area contributed by atoms with Gasteiger partial charge in [-0.3, -0.25) is 14.4 Å². The molecule has 1 aliphatic carbocycles. The van der Waals surface area contributed by atoms with Gasteiger partial charge in [-0.1, -0.05) is 30.3 Å². The van der Waals surface area contributed by atoms with Gasteiger partial charge in [0.1, 0.15) is 0 Å². The smallest absolute Gasteiger partial charge is 0.309 e. The number of methoxy groups -OCH3 is 2. The van der Waals surface area contributed by atoms with Crippen molar-refractivity contribution in [1.82, 2.24) is 4.57 Å². The van der Waals surface area contributed by atoms with E-state index in [1.807, 2.05) is 36.4 Å². The SMILES string of the molecule is COC(=O)[C@H]1Cc2ccn(Cc3ccccc3)c(=O)c2C[C@H]1C(=O)OC. The highest BCUT2D eigenvalue weighted by molar-refractivity contribution is 5.83. The molecule has 0 bridgehead atoms. The summed E-state index contributed by atoms with van der Waals surface area (Å²) in [5.41, 5.74) is 2.24. The quantitative estimate of drug-likeness (QED) is 0.779. The maximum absolute atomic E-state index is 12.9. The molecular weight excluding hydrogens is 334 g/mol. The predicted octanol–water partition coefficient (Wildman–Crippen LogP) is 1.57. The Hall–Kier alpha value is -2.89. The summed E-state index contributed by atoms with van der Waals surface area (Å²) in [5, 5.41) is 0. The van der Waals surface area contributed by atoms with Crippen LogP contribution in [0.3, 0.4) is 0 Å². The van der Waals surface area contributed by atoms with Crippen molar-refractivity contribution in [2.24, 2.45) is 11.8 Å². The van der Waals surface area contributed by atoms with E-state index in [0.717, 1.165) is 11.1 Å². The largest absolute Gasteiger partial charge is 0.469 e. The number of aromatic nitrogens is 1. The molecule has 0 radical (unpaired) electrons. The van der Waals surface area contributed by atoms with E-state index >= 15 is 0 Å². The Morgan fingerprint density at radius 2 is 1.62 bits per heavy atom. The third-order valence-electron chi connectivity index (χ3n) is 4.92. The van der Waals surface area contributed by atoms with Crippen LogP contribution in [0.15, 0.2) is 47.4 Å². The average Bonchev–Trinajstić information content (AvgIpc) is 2.69. The predicted molar refractivity (Wildman–Crippen MR) is 94.7 cm³/mol. The van der Waals surface area contributed by atoms with Crippen molar-refractivity contribution in [3.05, 3.63) is 69.6 Å². The van der Waals surface area contributed by atoms with Gasteiger partial charge in [0.05, 0.1) is 32.6 Å². The second kappa shape index (κ2) is 7.56. The van der Waals surface area contributed by atoms with E-state index in [9.17, 15) is 14.4 Å². The topological polar surface area (TPSA) is 74.6 Å². The Morgan fingerprint density at radius 1 is 1.00 bits per heavy atom. The molecule has 2 aromatic rings. The highest BCUT2D eigenvalue weighted by atomic mass is 16.5. The van der Waals surface area contributed by atoms with Crippen molar-refractivity contribution in [1.29, 1.82) is 0 Å². The van der Waals surface area contributed by atoms with Crippen LogP contribution in [0.1, 0.15) is 16.7 Å². The molecular formula is C20H21NO5. The minimum Gasteiger partial charge on any atom is -0.469 e. The monoisotopic (exact) mass is 355 g/mol. The standard InChI is InChI=1S/C20H21NO5/c1-25-19(23)16-10-14-8-9-21(12-13-6-4-3-5-7-13)18(22)15(14)11-17(16)20(24)26-2/h3-9,16-17H,10-12H2,1-2H3/t16-,17+/m0/s1. The van der Waals surface area contributed by atoms with Crippen LogP contribution in [0.25, 0.3) is 0 Å². The fourth-order valence-electron chi connectivity index (χ4n) is 3.51. The number of hydrogen-bond donors (Lipinski definition) is 0. The molecule has 136 valence electrons. The zero-order chi connectivity index (χ0) is 18.7. The van der Waals surface area contributed by atoms with Crippen LogP contribution in [0.2, 0.25) is 0 Å². The van der Waals surface area contributed by atoms with Crippen LogP contribution in [-0.4, -0.2) is 30.7 Å². The fraction of sp³-hybridized carbons (Fsp3) is 0.350. The Labute approximate surface area is 151 Å². The summed E-state index contributed by atoms with van der Waals surface area (Å²) < 4.78 is 11.3. The van der Waals surface area contributed by atoms with E-state index in [1.165, 1.54) is 14.2 Å². The first-order valence-electron chi connectivity index (χ1n) is 8.46. The number of rotatable bonds is 4. The molecule has 1 aromatic carbocycles. The minimum absolute atomic E-state index is 0.136. The molecule has 6 heteroatoms. The van der Waals surface area contributed by atoms with Gasteiger partial charge in [-0.05, 0) is 30.0 Å². The molecule has 0 fully saturated rings. The molecule has 0 N–H and O–H groups in total. The Kier molecular flexibility index (Phi) is 5.21. The summed E-state index contributed by atoms with van der Waals surface area (Å²) in [6.07, 6.45) is 2.21. The van der Waals surface area contributed by atoms with Gasteiger partial charge in [0.2, 0.25) is 0 Å². The van der Waals surface area contributed by atoms with Gasteiger partial charge in [0.25, 0.3) is 5.56 Å². The van der Waals surface area contributed by atoms with E-state index in [1.54, 1.807) is 10.8 Å². The number of benzene rings is 1. The second-order valence-corrected chi connectivity index (χ2v) is 6.41. The van der Waals surface area contributed by atoms with Crippen molar-refractivity contribution in [2.45, 2.75) is 19.4 Å². The summed E-state index contributed by atoms with van der Waals surface area (Å²) >= 11 is 0. The molecule has 0 amide bonds. The number of carbonyl (C=O) groups excluding carboxylic acids is 2. The van der Waals surface area contributed by atoms with Gasteiger partial charge in [-0.25, -0.2) is 0 Å².